The first-order valence-electron chi connectivity index (χ1n) is 38.3. The van der Waals surface area contributed by atoms with Crippen molar-refractivity contribution in [2.24, 2.45) is 60.8 Å². The number of aliphatic hydroxyl groups excluding tert-OH is 12. The highest BCUT2D eigenvalue weighted by Crippen LogP contribution is 2.28. The number of cyclic esters (lactones) is 1. The Morgan fingerprint density at radius 1 is 0.590 bits per heavy atom. The zero-order valence-electron chi connectivity index (χ0n) is 64.8. The van der Waals surface area contributed by atoms with Gasteiger partial charge in [0.1, 0.15) is 84.3 Å². The summed E-state index contributed by atoms with van der Waals surface area (Å²) in [6, 6.07) is 0.742. The number of nitrogens with one attached hydrogen (secondary N) is 2. The third-order valence-corrected chi connectivity index (χ3v) is 19.8. The zero-order chi connectivity index (χ0) is 84.7. The van der Waals surface area contributed by atoms with Crippen molar-refractivity contribution in [3.63, 3.8) is 0 Å². The van der Waals surface area contributed by atoms with Crippen LogP contribution < -0.4 is 5.32 Å². The minimum Gasteiger partial charge on any atom is -0.508 e. The summed E-state index contributed by atoms with van der Waals surface area (Å²) >= 11 is 0. The molecule has 5 aromatic rings. The topological polar surface area (TPSA) is 595 Å². The summed E-state index contributed by atoms with van der Waals surface area (Å²) in [5.41, 5.74) is 2.22. The molecule has 14 atom stereocenters. The van der Waals surface area contributed by atoms with Gasteiger partial charge in [-0.2, -0.15) is 0 Å². The number of aliphatic imine (C=N–C) groups is 11. The lowest BCUT2D eigenvalue weighted by Gasteiger charge is -2.27. The first kappa shape index (κ1) is 88.4. The Bertz CT molecular complexity index is 4650. The van der Waals surface area contributed by atoms with E-state index in [1.54, 1.807) is 44.3 Å². The summed E-state index contributed by atoms with van der Waals surface area (Å²) in [7, 11) is 0. The minimum atomic E-state index is -2.22. The molecule has 0 spiro atoms. The van der Waals surface area contributed by atoms with Gasteiger partial charge in [0.05, 0.1) is 19.1 Å². The van der Waals surface area contributed by atoms with Gasteiger partial charge in [0.15, 0.2) is 35.7 Å². The molecule has 37 nitrogen and oxygen atoms in total. The van der Waals surface area contributed by atoms with Crippen LogP contribution in [0.1, 0.15) is 121 Å². The predicted molar refractivity (Wildman–Crippen MR) is 435 cm³/mol. The number of aliphatic hydroxyl groups is 12. The number of aliphatic carboxylic acids is 1. The lowest BCUT2D eigenvalue weighted by Crippen LogP contribution is -2.51. The van der Waals surface area contributed by atoms with Crippen LogP contribution in [-0.2, 0) is 59.1 Å². The van der Waals surface area contributed by atoms with Crippen molar-refractivity contribution in [1.29, 1.82) is 0 Å². The van der Waals surface area contributed by atoms with Crippen LogP contribution in [0.15, 0.2) is 158 Å². The van der Waals surface area contributed by atoms with Crippen molar-refractivity contribution in [1.82, 2.24) is 15.2 Å². The molecule has 1 amide bonds. The number of hydrogen-bond acceptors (Lipinski definition) is 23. The molecule has 0 radical (unpaired) electrons. The van der Waals surface area contributed by atoms with E-state index in [9.17, 15) is 91.3 Å². The van der Waals surface area contributed by atoms with E-state index >= 15 is 14.4 Å². The lowest BCUT2D eigenvalue weighted by molar-refractivity contribution is -0.148. The van der Waals surface area contributed by atoms with Crippen molar-refractivity contribution < 1.29 is 115 Å². The van der Waals surface area contributed by atoms with Crippen LogP contribution >= 0.6 is 0 Å². The highest BCUT2D eigenvalue weighted by atomic mass is 16.5. The number of hydrogen-bond donors (Lipinski definition) is 18. The van der Waals surface area contributed by atoms with Crippen LogP contribution in [0.25, 0.3) is 10.9 Å². The van der Waals surface area contributed by atoms with Gasteiger partial charge in [-0.15, -0.1) is 0 Å². The molecular formula is C80H100N14O23. The van der Waals surface area contributed by atoms with Gasteiger partial charge in [0.25, 0.3) is 0 Å². The van der Waals surface area contributed by atoms with E-state index in [2.05, 4.69) is 65.2 Å². The van der Waals surface area contributed by atoms with Crippen molar-refractivity contribution in [3.8, 4) is 17.2 Å². The van der Waals surface area contributed by atoms with Gasteiger partial charge in [0, 0.05) is 69.2 Å². The van der Waals surface area contributed by atoms with Crippen molar-refractivity contribution >= 4 is 105 Å². The number of carbonyl (C=O) groups excluding carboxylic acids is 4. The van der Waals surface area contributed by atoms with E-state index < -0.39 is 237 Å². The normalized spacial score (nSPS) is 25.1. The number of aromatic amines is 1. The molecule has 37 heteroatoms. The van der Waals surface area contributed by atoms with Gasteiger partial charge in [-0.3, -0.25) is 34.3 Å². The molecule has 0 saturated carbocycles. The zero-order valence-corrected chi connectivity index (χ0v) is 64.8. The molecule has 1 fully saturated rings. The molecular weight excluding hydrogens is 1520 g/mol. The highest BCUT2D eigenvalue weighted by Gasteiger charge is 2.41. The number of fused-ring (bicyclic) bond motifs is 10. The third kappa shape index (κ3) is 25.5. The molecule has 1 saturated heterocycles. The second-order valence-corrected chi connectivity index (χ2v) is 29.3. The number of carbonyl (C=O) groups is 5. The fourth-order valence-electron chi connectivity index (χ4n) is 13.7. The molecule has 5 heterocycles. The van der Waals surface area contributed by atoms with Crippen LogP contribution in [0.2, 0.25) is 0 Å². The van der Waals surface area contributed by atoms with Gasteiger partial charge in [0.2, 0.25) is 59.0 Å². The third-order valence-electron chi connectivity index (χ3n) is 19.8. The summed E-state index contributed by atoms with van der Waals surface area (Å²) < 4.78 is 11.7. The predicted octanol–water partition coefficient (Wildman–Crippen LogP) is 7.43. The Balaban J connectivity index is 1.29. The Hall–Kier alpha value is -12.5. The van der Waals surface area contributed by atoms with Gasteiger partial charge in [-0.05, 0) is 135 Å². The number of carboxylic acid groups (broad SMARTS) is 1. The number of carboxylic acids is 1. The fraction of sp³-hybridized carbons (Fsp3) is 0.475. The maximum Gasteiger partial charge on any atom is 0.321 e. The van der Waals surface area contributed by atoms with Gasteiger partial charge < -0.3 is 101 Å². The molecule has 0 unspecified atom stereocenters. The number of ether oxygens (including phenoxy) is 2. The summed E-state index contributed by atoms with van der Waals surface area (Å²) in [6.07, 6.45) is -5.19. The van der Waals surface area contributed by atoms with Crippen molar-refractivity contribution in [2.45, 2.75) is 209 Å². The summed E-state index contributed by atoms with van der Waals surface area (Å²) in [5, 5.41) is 189. The van der Waals surface area contributed by atoms with Crippen molar-refractivity contribution in [2.75, 3.05) is 26.3 Å². The molecule has 628 valence electrons. The van der Waals surface area contributed by atoms with Crippen LogP contribution in [0.4, 0.5) is 0 Å². The molecule has 117 heavy (non-hydrogen) atoms. The van der Waals surface area contributed by atoms with E-state index in [0.717, 1.165) is 6.92 Å². The Labute approximate surface area is 671 Å². The quantitative estimate of drug-likeness (QED) is 0.0217. The number of rotatable bonds is 19. The first-order valence-corrected chi connectivity index (χ1v) is 38.3. The van der Waals surface area contributed by atoms with E-state index in [0.29, 0.717) is 33.2 Å². The Kier molecular flexibility index (Phi) is 31.5. The number of benzene rings is 4. The molecule has 1 aromatic heterocycles. The summed E-state index contributed by atoms with van der Waals surface area (Å²) in [4.78, 5) is 126. The van der Waals surface area contributed by atoms with E-state index in [1.807, 2.05) is 0 Å². The largest absolute Gasteiger partial charge is 0.508 e. The number of H-pyrrole nitrogens is 1. The Morgan fingerprint density at radius 2 is 1.19 bits per heavy atom. The monoisotopic (exact) mass is 1620 g/mol. The number of para-hydroxylation sites is 1. The van der Waals surface area contributed by atoms with E-state index in [1.165, 1.54) is 84.6 Å². The minimum absolute atomic E-state index is 0.0195. The second kappa shape index (κ2) is 41.7. The number of nitrogens with zero attached hydrogens (tertiary/aromatic N) is 12. The number of aromatic nitrogens is 1. The van der Waals surface area contributed by atoms with Crippen LogP contribution in [0.5, 0.6) is 17.2 Å². The van der Waals surface area contributed by atoms with E-state index in [4.69, 9.17) is 9.47 Å². The molecule has 4 aliphatic rings. The number of amides is 1. The number of esters is 2. The molecule has 4 bridgehead atoms. The molecule has 4 aliphatic heterocycles. The van der Waals surface area contributed by atoms with Gasteiger partial charge in [-0.1, -0.05) is 68.4 Å². The summed E-state index contributed by atoms with van der Waals surface area (Å²) in [6.45, 7) is 3.26. The van der Waals surface area contributed by atoms with E-state index in [-0.39, 0.29) is 88.1 Å². The van der Waals surface area contributed by atoms with Crippen LogP contribution in [0, 0.1) is 5.92 Å². The second-order valence-electron chi connectivity index (χ2n) is 29.3. The average Bonchev–Trinajstić information content (AvgIpc) is 1.71. The molecule has 4 aromatic carbocycles. The maximum atomic E-state index is 15.6. The van der Waals surface area contributed by atoms with Gasteiger partial charge in [-0.25, -0.2) is 49.9 Å². The Morgan fingerprint density at radius 3 is 1.85 bits per heavy atom. The number of ketones is 1. The SMILES string of the molecule is CC(O)=N[C@@H](Cc1ccc(O)cc1)C(O)=N[C@@H](CO)C(O)=N[C@@H]1C(O)=N[C@@H](CC(C)C)C(O)=N[C@H]2CCCCN=C(O)CC[C@@H](N[C@@H](Cc3ccc(O)cc3)C(=O)O)C(=O)[C@@H]3CCC(=O)OC[C@H](N=C(O)[C@@H]4CCCN4C(=O)[C@H](Cc4ccc(O)cc4)N=C2O)C(O)=N[C@@H](CC(=O)O[C@@H]1C)C(O)=N[C@@H](Cc1c[nH]c2ccccc12)C(O)=N3. The fourth-order valence-corrected chi connectivity index (χ4v) is 13.7. The summed E-state index contributed by atoms with van der Waals surface area (Å²) in [5.74, 6) is -17.0. The molecule has 0 aliphatic carbocycles. The average molecular weight is 1630 g/mol. The first-order chi connectivity index (χ1) is 55.8. The van der Waals surface area contributed by atoms with Crippen LogP contribution in [0.3, 0.4) is 0 Å². The lowest BCUT2D eigenvalue weighted by atomic mass is 9.95. The number of Topliss-reactive ketones (excluding diaryl/α,β-unsaturated/α-hetero) is 1. The number of phenols is 3. The molecule has 18 N–H and O–H groups in total. The maximum absolute atomic E-state index is 15.6. The van der Waals surface area contributed by atoms with Crippen molar-refractivity contribution in [3.05, 3.63) is 126 Å². The van der Waals surface area contributed by atoms with Gasteiger partial charge >= 0.3 is 17.9 Å². The standard InChI is InChI=1S/C80H100N14O23/c1-41(2)32-56-71(105)86-55-12-7-8-30-81-65(100)28-26-53(84-61(80(114)115)35-46-18-24-50(99)25-19-46)69(103)54-27-29-66(101)116-40-63(92-77(111)64-13-9-31-94(64)79(113)60(90-70(55)104)34-45-16-22-49(98)23-17-45)76(110)88-59(74(108)87-58(73(107)85-54)36-47-38-82-52-11-6-5-10-51(47)52)37-67(102)117-42(3)68(78(112)89-56)93-75(109)62(39-95)91-72(106)57(83-43(4)96)33-44-14-20-48(97)21-15-44/h5-6,10-11,14-25,38,41-42,53-64,68,82,84,95,97-99H,7-9,12-13,26-37,39-40H2,1-4H3,(H,81,100)(H,83,96)(H,85,107)(H,86,105)(H,87,108)(H,88,110)(H,89,112)(H,90,104)(H,91,106)(H,92,111)(H,93,109)(H,114,115)/t42-,53-,54+,55+,56+,57+,58+,59+,60+,61+,62+,63+,64+,68+/m1/s1. The molecule has 9 rings (SSSR count). The number of phenolic OH excluding ortho intramolecular Hbond substituents is 3. The van der Waals surface area contributed by atoms with Crippen LogP contribution in [-0.4, -0.2) is 297 Å². The number of aromatic hydroxyl groups is 3. The highest BCUT2D eigenvalue weighted by molar-refractivity contribution is 5.98. The smallest absolute Gasteiger partial charge is 0.321 e.